The number of amides is 1. The Morgan fingerprint density at radius 1 is 0.920 bits per heavy atom. The first-order valence-corrected chi connectivity index (χ1v) is 8.33. The topological polar surface area (TPSA) is 29.1 Å². The van der Waals surface area contributed by atoms with Crippen molar-refractivity contribution in [2.24, 2.45) is 0 Å². The van der Waals surface area contributed by atoms with Crippen LogP contribution in [0.1, 0.15) is 35.1 Å². The third-order valence-electron chi connectivity index (χ3n) is 4.15. The van der Waals surface area contributed by atoms with Crippen LogP contribution in [0.3, 0.4) is 0 Å². The molecule has 5 heteroatoms. The molecule has 0 saturated carbocycles. The van der Waals surface area contributed by atoms with Crippen molar-refractivity contribution < 1.29 is 18.0 Å². The molecule has 0 bridgehead atoms. The van der Waals surface area contributed by atoms with E-state index in [-0.39, 0.29) is 5.91 Å². The van der Waals surface area contributed by atoms with Gasteiger partial charge in [0.15, 0.2) is 0 Å². The summed E-state index contributed by atoms with van der Waals surface area (Å²) in [4.78, 5) is 11.3. The van der Waals surface area contributed by atoms with Crippen molar-refractivity contribution in [2.75, 3.05) is 7.05 Å². The maximum absolute atomic E-state index is 12.9. The van der Waals surface area contributed by atoms with E-state index in [4.69, 9.17) is 0 Å². The first-order valence-electron chi connectivity index (χ1n) is 8.33. The molecule has 1 amide bonds. The molecule has 0 aliphatic carbocycles. The van der Waals surface area contributed by atoms with Crippen molar-refractivity contribution in [3.63, 3.8) is 0 Å². The van der Waals surface area contributed by atoms with Crippen molar-refractivity contribution in [3.8, 4) is 0 Å². The molecule has 0 atom stereocenters. The van der Waals surface area contributed by atoms with Gasteiger partial charge in [-0.15, -0.1) is 0 Å². The number of hydrogen-bond acceptors (Lipinski definition) is 1. The van der Waals surface area contributed by atoms with Crippen LogP contribution in [0.4, 0.5) is 13.2 Å². The number of unbranched alkanes of at least 4 members (excludes halogenated alkanes) is 1. The number of alkyl halides is 3. The van der Waals surface area contributed by atoms with Crippen LogP contribution in [0.25, 0.3) is 0 Å². The molecule has 0 aromatic heterocycles. The Bertz CT molecular complexity index is 693. The molecule has 0 unspecified atom stereocenters. The van der Waals surface area contributed by atoms with Crippen molar-refractivity contribution in [2.45, 2.75) is 38.3 Å². The third-order valence-corrected chi connectivity index (χ3v) is 4.15. The molecule has 0 fully saturated rings. The Kier molecular flexibility index (Phi) is 6.62. The second kappa shape index (κ2) is 8.70. The van der Waals surface area contributed by atoms with Gasteiger partial charge >= 0.3 is 6.18 Å². The molecule has 0 spiro atoms. The van der Waals surface area contributed by atoms with Crippen LogP contribution in [-0.4, -0.2) is 13.0 Å². The number of nitrogens with one attached hydrogen (secondary N) is 1. The Morgan fingerprint density at radius 3 is 2.16 bits per heavy atom. The predicted molar refractivity (Wildman–Crippen MR) is 92.3 cm³/mol. The lowest BCUT2D eigenvalue weighted by atomic mass is 9.99. The fraction of sp³-hybridized carbons (Fsp3) is 0.350. The zero-order valence-electron chi connectivity index (χ0n) is 14.2. The van der Waals surface area contributed by atoms with Crippen molar-refractivity contribution in [3.05, 3.63) is 70.8 Å². The molecule has 0 aliphatic heterocycles. The lowest BCUT2D eigenvalue weighted by Gasteiger charge is -2.12. The van der Waals surface area contributed by atoms with Gasteiger partial charge in [0.05, 0.1) is 12.0 Å². The van der Waals surface area contributed by atoms with Crippen molar-refractivity contribution >= 4 is 5.91 Å². The monoisotopic (exact) mass is 349 g/mol. The third kappa shape index (κ3) is 5.93. The van der Waals surface area contributed by atoms with Crippen LogP contribution in [0.15, 0.2) is 48.5 Å². The summed E-state index contributed by atoms with van der Waals surface area (Å²) in [5.41, 5.74) is 1.90. The lowest BCUT2D eigenvalue weighted by Crippen LogP contribution is -2.19. The van der Waals surface area contributed by atoms with Gasteiger partial charge in [0.25, 0.3) is 0 Å². The van der Waals surface area contributed by atoms with E-state index in [0.717, 1.165) is 30.0 Å². The molecule has 0 heterocycles. The Hall–Kier alpha value is -2.30. The van der Waals surface area contributed by atoms with Gasteiger partial charge in [-0.25, -0.2) is 0 Å². The number of halogens is 3. The minimum Gasteiger partial charge on any atom is -0.359 e. The number of hydrogen-bond donors (Lipinski definition) is 1. The standard InChI is InChI=1S/C20H22F3NO/c1-24-19(25)14-16-12-10-15(11-13-16)6-2-3-7-17-8-4-5-9-18(17)20(21,22)23/h4-5,8-13H,2-3,6-7,14H2,1H3,(H,24,25). The quantitative estimate of drug-likeness (QED) is 0.730. The van der Waals surface area contributed by atoms with Gasteiger partial charge in [0.2, 0.25) is 5.91 Å². The van der Waals surface area contributed by atoms with Gasteiger partial charge in [0.1, 0.15) is 0 Å². The van der Waals surface area contributed by atoms with Crippen LogP contribution < -0.4 is 5.32 Å². The van der Waals surface area contributed by atoms with Gasteiger partial charge in [-0.3, -0.25) is 4.79 Å². The van der Waals surface area contributed by atoms with E-state index in [1.165, 1.54) is 6.07 Å². The summed E-state index contributed by atoms with van der Waals surface area (Å²) in [6.45, 7) is 0. The van der Waals surface area contributed by atoms with Crippen LogP contribution >= 0.6 is 0 Å². The van der Waals surface area contributed by atoms with E-state index in [9.17, 15) is 18.0 Å². The molecular weight excluding hydrogens is 327 g/mol. The molecule has 1 N–H and O–H groups in total. The molecule has 0 aliphatic rings. The number of likely N-dealkylation sites (N-methyl/N-ethyl adjacent to an activating group) is 1. The molecular formula is C20H22F3NO. The number of carbonyl (C=O) groups excluding carboxylic acids is 1. The highest BCUT2D eigenvalue weighted by molar-refractivity contribution is 5.78. The van der Waals surface area contributed by atoms with E-state index < -0.39 is 11.7 Å². The van der Waals surface area contributed by atoms with E-state index in [1.807, 2.05) is 24.3 Å². The molecule has 2 rings (SSSR count). The number of aryl methyl sites for hydroxylation is 2. The van der Waals surface area contributed by atoms with Crippen molar-refractivity contribution in [1.82, 2.24) is 5.32 Å². The average Bonchev–Trinajstić information content (AvgIpc) is 2.59. The van der Waals surface area contributed by atoms with E-state index in [2.05, 4.69) is 5.32 Å². The fourth-order valence-corrected chi connectivity index (χ4v) is 2.76. The fourth-order valence-electron chi connectivity index (χ4n) is 2.76. The summed E-state index contributed by atoms with van der Waals surface area (Å²) < 4.78 is 38.8. The number of rotatable bonds is 7. The zero-order chi connectivity index (χ0) is 18.3. The summed E-state index contributed by atoms with van der Waals surface area (Å²) in [5.74, 6) is -0.0314. The van der Waals surface area contributed by atoms with Crippen LogP contribution in [0, 0.1) is 0 Å². The summed E-state index contributed by atoms with van der Waals surface area (Å²) in [6.07, 6.45) is -1.19. The maximum atomic E-state index is 12.9. The molecule has 25 heavy (non-hydrogen) atoms. The van der Waals surface area contributed by atoms with Crippen LogP contribution in [0.2, 0.25) is 0 Å². The van der Waals surface area contributed by atoms with E-state index >= 15 is 0 Å². The van der Waals surface area contributed by atoms with Crippen LogP contribution in [-0.2, 0) is 30.2 Å². The minimum atomic E-state index is -4.29. The first-order chi connectivity index (χ1) is 11.9. The van der Waals surface area contributed by atoms with Gasteiger partial charge in [-0.05, 0) is 48.4 Å². The summed E-state index contributed by atoms with van der Waals surface area (Å²) in [5, 5.41) is 2.58. The molecule has 0 radical (unpaired) electrons. The second-order valence-corrected chi connectivity index (χ2v) is 6.03. The molecule has 134 valence electrons. The van der Waals surface area contributed by atoms with Gasteiger partial charge < -0.3 is 5.32 Å². The smallest absolute Gasteiger partial charge is 0.359 e. The summed E-state index contributed by atoms with van der Waals surface area (Å²) >= 11 is 0. The molecule has 2 aromatic rings. The Labute approximate surface area is 146 Å². The van der Waals surface area contributed by atoms with E-state index in [1.54, 1.807) is 19.2 Å². The lowest BCUT2D eigenvalue weighted by molar-refractivity contribution is -0.138. The normalized spacial score (nSPS) is 11.4. The second-order valence-electron chi connectivity index (χ2n) is 6.03. The SMILES string of the molecule is CNC(=O)Cc1ccc(CCCCc2ccccc2C(F)(F)F)cc1. The average molecular weight is 349 g/mol. The van der Waals surface area contributed by atoms with Gasteiger partial charge in [-0.2, -0.15) is 13.2 Å². The van der Waals surface area contributed by atoms with Crippen LogP contribution in [0.5, 0.6) is 0 Å². The summed E-state index contributed by atoms with van der Waals surface area (Å²) in [6, 6.07) is 13.6. The zero-order valence-corrected chi connectivity index (χ0v) is 14.2. The summed E-state index contributed by atoms with van der Waals surface area (Å²) in [7, 11) is 1.60. The highest BCUT2D eigenvalue weighted by atomic mass is 19.4. The Morgan fingerprint density at radius 2 is 1.52 bits per heavy atom. The Balaban J connectivity index is 1.83. The predicted octanol–water partition coefficient (Wildman–Crippen LogP) is 4.56. The molecule has 0 saturated heterocycles. The first kappa shape index (κ1) is 19.0. The van der Waals surface area contributed by atoms with E-state index in [0.29, 0.717) is 24.8 Å². The highest BCUT2D eigenvalue weighted by Crippen LogP contribution is 2.32. The molecule has 2 aromatic carbocycles. The highest BCUT2D eigenvalue weighted by Gasteiger charge is 2.32. The number of carbonyl (C=O) groups is 1. The molecule has 2 nitrogen and oxygen atoms in total. The largest absolute Gasteiger partial charge is 0.416 e. The van der Waals surface area contributed by atoms with Crippen molar-refractivity contribution in [1.29, 1.82) is 0 Å². The van der Waals surface area contributed by atoms with Gasteiger partial charge in [0, 0.05) is 7.05 Å². The maximum Gasteiger partial charge on any atom is 0.416 e. The van der Waals surface area contributed by atoms with Gasteiger partial charge in [-0.1, -0.05) is 42.5 Å². The number of benzene rings is 2. The minimum absolute atomic E-state index is 0.0314.